The Morgan fingerprint density at radius 3 is 2.19 bits per heavy atom. The lowest BCUT2D eigenvalue weighted by atomic mass is 10.0. The van der Waals surface area contributed by atoms with Crippen LogP contribution in [0, 0.1) is 5.92 Å². The van der Waals surface area contributed by atoms with Crippen molar-refractivity contribution in [2.75, 3.05) is 27.2 Å². The van der Waals surface area contributed by atoms with Crippen LogP contribution in [-0.2, 0) is 16.6 Å². The lowest BCUT2D eigenvalue weighted by Gasteiger charge is -2.31. The van der Waals surface area contributed by atoms with E-state index in [1.54, 1.807) is 0 Å². The number of carbonyl (C=O) groups is 1. The number of carboxylic acid groups (broad SMARTS) is 1. The second-order valence-corrected chi connectivity index (χ2v) is 8.96. The summed E-state index contributed by atoms with van der Waals surface area (Å²) in [4.78, 5) is 11.1. The van der Waals surface area contributed by atoms with Gasteiger partial charge in [-0.1, -0.05) is 44.2 Å². The minimum atomic E-state index is -3.73. The summed E-state index contributed by atoms with van der Waals surface area (Å²) in [6.45, 7) is 3.78. The molecular formula is C17H29N3O5S. The Balaban J connectivity index is 2.99. The van der Waals surface area contributed by atoms with Crippen LogP contribution in [-0.4, -0.2) is 72.7 Å². The highest BCUT2D eigenvalue weighted by molar-refractivity contribution is 7.86. The van der Waals surface area contributed by atoms with Crippen molar-refractivity contribution in [3.8, 4) is 0 Å². The highest BCUT2D eigenvalue weighted by Gasteiger charge is 2.31. The molecule has 8 nitrogen and oxygen atoms in total. The summed E-state index contributed by atoms with van der Waals surface area (Å²) < 4.78 is 27.3. The van der Waals surface area contributed by atoms with Gasteiger partial charge in [-0.3, -0.25) is 0 Å². The minimum Gasteiger partial charge on any atom is -0.465 e. The zero-order chi connectivity index (χ0) is 19.9. The molecular weight excluding hydrogens is 358 g/mol. The lowest BCUT2D eigenvalue weighted by molar-refractivity contribution is 0.0967. The first kappa shape index (κ1) is 22.4. The molecule has 1 aromatic carbocycles. The van der Waals surface area contributed by atoms with Gasteiger partial charge in [0.2, 0.25) is 0 Å². The Bertz CT molecular complexity index is 664. The van der Waals surface area contributed by atoms with Crippen LogP contribution in [0.1, 0.15) is 19.4 Å². The number of benzene rings is 1. The maximum atomic E-state index is 12.5. The average Bonchev–Trinajstić information content (AvgIpc) is 2.53. The van der Waals surface area contributed by atoms with Gasteiger partial charge >= 0.3 is 6.09 Å². The van der Waals surface area contributed by atoms with Crippen molar-refractivity contribution in [3.05, 3.63) is 35.9 Å². The molecule has 1 rings (SSSR count). The molecule has 0 radical (unpaired) electrons. The van der Waals surface area contributed by atoms with Gasteiger partial charge in [0.25, 0.3) is 10.2 Å². The Morgan fingerprint density at radius 1 is 1.15 bits per heavy atom. The van der Waals surface area contributed by atoms with Crippen LogP contribution in [0.25, 0.3) is 0 Å². The van der Waals surface area contributed by atoms with E-state index in [0.717, 1.165) is 9.87 Å². The highest BCUT2D eigenvalue weighted by atomic mass is 32.2. The summed E-state index contributed by atoms with van der Waals surface area (Å²) in [5.74, 6) is 0.0527. The number of aliphatic hydroxyl groups is 1. The summed E-state index contributed by atoms with van der Waals surface area (Å²) in [6.07, 6.45) is -2.21. The number of rotatable bonds is 10. The molecule has 1 aromatic rings. The summed E-state index contributed by atoms with van der Waals surface area (Å²) >= 11 is 0. The van der Waals surface area contributed by atoms with E-state index in [9.17, 15) is 18.3 Å². The SMILES string of the molecule is CC(C)CN(C[C@@H](O)[C@H](Cc1ccccc1)NC(=O)O)S(=O)(=O)N(C)C. The van der Waals surface area contributed by atoms with E-state index in [2.05, 4.69) is 5.32 Å². The van der Waals surface area contributed by atoms with Gasteiger partial charge in [0, 0.05) is 27.2 Å². The van der Waals surface area contributed by atoms with E-state index in [-0.39, 0.29) is 25.4 Å². The second-order valence-electron chi connectivity index (χ2n) is 6.81. The molecule has 0 unspecified atom stereocenters. The number of aliphatic hydroxyl groups excluding tert-OH is 1. The highest BCUT2D eigenvalue weighted by Crippen LogP contribution is 2.13. The van der Waals surface area contributed by atoms with Crippen LogP contribution in [0.15, 0.2) is 30.3 Å². The molecule has 2 atom stereocenters. The van der Waals surface area contributed by atoms with E-state index >= 15 is 0 Å². The molecule has 148 valence electrons. The molecule has 0 saturated heterocycles. The zero-order valence-electron chi connectivity index (χ0n) is 15.7. The van der Waals surface area contributed by atoms with Crippen molar-refractivity contribution in [1.29, 1.82) is 0 Å². The summed E-state index contributed by atoms with van der Waals surface area (Å²) in [6, 6.07) is 8.30. The molecule has 0 spiro atoms. The van der Waals surface area contributed by atoms with E-state index in [1.165, 1.54) is 18.4 Å². The topological polar surface area (TPSA) is 110 Å². The van der Waals surface area contributed by atoms with Crippen LogP contribution >= 0.6 is 0 Å². The minimum absolute atomic E-state index is 0.0527. The van der Waals surface area contributed by atoms with E-state index in [1.807, 2.05) is 44.2 Å². The standard InChI is InChI=1S/C17H29N3O5S/c1-13(2)11-20(26(24,25)19(3)4)12-16(21)15(18-17(22)23)10-14-8-6-5-7-9-14/h5-9,13,15-16,18,21H,10-12H2,1-4H3,(H,22,23)/t15-,16+/m0/s1. The number of nitrogens with one attached hydrogen (secondary N) is 1. The van der Waals surface area contributed by atoms with Gasteiger partial charge in [0.05, 0.1) is 12.1 Å². The molecule has 3 N–H and O–H groups in total. The Hall–Kier alpha value is -1.68. The third-order valence-electron chi connectivity index (χ3n) is 3.82. The molecule has 9 heteroatoms. The largest absolute Gasteiger partial charge is 0.465 e. The first-order valence-electron chi connectivity index (χ1n) is 8.43. The summed E-state index contributed by atoms with van der Waals surface area (Å²) in [5, 5.41) is 22.0. The number of nitrogens with zero attached hydrogens (tertiary/aromatic N) is 2. The van der Waals surface area contributed by atoms with Gasteiger partial charge < -0.3 is 15.5 Å². The van der Waals surface area contributed by atoms with E-state index < -0.39 is 28.4 Å². The normalized spacial score (nSPS) is 14.6. The van der Waals surface area contributed by atoms with Gasteiger partial charge in [0.15, 0.2) is 0 Å². The molecule has 0 fully saturated rings. The summed E-state index contributed by atoms with van der Waals surface area (Å²) in [5.41, 5.74) is 0.844. The second kappa shape index (κ2) is 9.86. The van der Waals surface area contributed by atoms with Gasteiger partial charge in [-0.15, -0.1) is 0 Å². The molecule has 1 amide bonds. The van der Waals surface area contributed by atoms with Crippen molar-refractivity contribution in [3.63, 3.8) is 0 Å². The fourth-order valence-electron chi connectivity index (χ4n) is 2.55. The molecule has 0 saturated carbocycles. The molecule has 0 aliphatic carbocycles. The van der Waals surface area contributed by atoms with Crippen LogP contribution in [0.2, 0.25) is 0 Å². The van der Waals surface area contributed by atoms with Crippen LogP contribution in [0.4, 0.5) is 4.79 Å². The van der Waals surface area contributed by atoms with E-state index in [4.69, 9.17) is 5.11 Å². The maximum Gasteiger partial charge on any atom is 0.404 e. The van der Waals surface area contributed by atoms with Crippen molar-refractivity contribution in [2.24, 2.45) is 5.92 Å². The fraction of sp³-hybridized carbons (Fsp3) is 0.588. The van der Waals surface area contributed by atoms with Gasteiger partial charge in [-0.2, -0.15) is 17.0 Å². The predicted molar refractivity (Wildman–Crippen MR) is 100 cm³/mol. The van der Waals surface area contributed by atoms with Crippen molar-refractivity contribution < 1.29 is 23.4 Å². The van der Waals surface area contributed by atoms with E-state index in [0.29, 0.717) is 0 Å². The van der Waals surface area contributed by atoms with Crippen molar-refractivity contribution >= 4 is 16.3 Å². The van der Waals surface area contributed by atoms with Gasteiger partial charge in [0.1, 0.15) is 0 Å². The maximum absolute atomic E-state index is 12.5. The fourth-order valence-corrected chi connectivity index (χ4v) is 3.84. The average molecular weight is 388 g/mol. The molecule has 0 heterocycles. The van der Waals surface area contributed by atoms with Crippen LogP contribution < -0.4 is 5.32 Å². The van der Waals surface area contributed by atoms with Crippen molar-refractivity contribution in [1.82, 2.24) is 13.9 Å². The number of hydrogen-bond acceptors (Lipinski definition) is 4. The number of amides is 1. The smallest absolute Gasteiger partial charge is 0.404 e. The number of hydrogen-bond donors (Lipinski definition) is 3. The Labute approximate surface area is 155 Å². The third-order valence-corrected chi connectivity index (χ3v) is 5.69. The molecule has 0 bridgehead atoms. The van der Waals surface area contributed by atoms with Gasteiger partial charge in [-0.05, 0) is 17.9 Å². The van der Waals surface area contributed by atoms with Crippen LogP contribution in [0.3, 0.4) is 0 Å². The first-order valence-corrected chi connectivity index (χ1v) is 9.82. The Morgan fingerprint density at radius 2 is 1.73 bits per heavy atom. The molecule has 0 aromatic heterocycles. The van der Waals surface area contributed by atoms with Crippen LogP contribution in [0.5, 0.6) is 0 Å². The van der Waals surface area contributed by atoms with Gasteiger partial charge in [-0.25, -0.2) is 4.79 Å². The summed E-state index contributed by atoms with van der Waals surface area (Å²) in [7, 11) is -0.887. The monoisotopic (exact) mass is 387 g/mol. The lowest BCUT2D eigenvalue weighted by Crippen LogP contribution is -2.52. The molecule has 26 heavy (non-hydrogen) atoms. The molecule has 0 aliphatic rings. The first-order chi connectivity index (χ1) is 12.0. The quantitative estimate of drug-likeness (QED) is 0.555. The van der Waals surface area contributed by atoms with Crippen molar-refractivity contribution in [2.45, 2.75) is 32.4 Å². The zero-order valence-corrected chi connectivity index (χ0v) is 16.5. The predicted octanol–water partition coefficient (Wildman–Crippen LogP) is 0.991. The Kier molecular flexibility index (Phi) is 8.48. The third kappa shape index (κ3) is 6.91. The molecule has 0 aliphatic heterocycles.